The number of aryl methyl sites for hydroxylation is 2. The summed E-state index contributed by atoms with van der Waals surface area (Å²) in [6.07, 6.45) is 0.717. The van der Waals surface area contributed by atoms with Gasteiger partial charge < -0.3 is 4.90 Å². The Morgan fingerprint density at radius 3 is 2.65 bits per heavy atom. The summed E-state index contributed by atoms with van der Waals surface area (Å²) in [7, 11) is 1.78. The lowest BCUT2D eigenvalue weighted by atomic mass is 10.1. The fraction of sp³-hybridized carbons (Fsp3) is 0.500. The summed E-state index contributed by atoms with van der Waals surface area (Å²) in [6, 6.07) is 5.90. The number of amides is 2. The lowest BCUT2D eigenvalue weighted by Gasteiger charge is -2.27. The van der Waals surface area contributed by atoms with Gasteiger partial charge in [0.15, 0.2) is 0 Å². The molecule has 0 aliphatic carbocycles. The second-order valence-corrected chi connectivity index (χ2v) is 6.62. The van der Waals surface area contributed by atoms with Gasteiger partial charge in [0.05, 0.1) is 5.69 Å². The molecule has 0 aromatic heterocycles. The Balaban J connectivity index is 2.31. The van der Waals surface area contributed by atoms with Crippen LogP contribution < -0.4 is 5.01 Å². The SMILES string of the molecule is Cc1ccc(C)c(N2N=C(C(=O)N(C)CC(C)C)CCC2=O)c1. The summed E-state index contributed by atoms with van der Waals surface area (Å²) in [6.45, 7) is 8.73. The van der Waals surface area contributed by atoms with Crippen LogP contribution in [0.25, 0.3) is 0 Å². The highest BCUT2D eigenvalue weighted by molar-refractivity contribution is 6.40. The molecule has 1 aromatic rings. The smallest absolute Gasteiger partial charge is 0.269 e. The van der Waals surface area contributed by atoms with E-state index < -0.39 is 0 Å². The van der Waals surface area contributed by atoms with Crippen LogP contribution >= 0.6 is 0 Å². The normalized spacial score (nSPS) is 15.0. The molecule has 23 heavy (non-hydrogen) atoms. The lowest BCUT2D eigenvalue weighted by Crippen LogP contribution is -2.41. The summed E-state index contributed by atoms with van der Waals surface area (Å²) in [4.78, 5) is 26.5. The third-order valence-electron chi connectivity index (χ3n) is 3.86. The Bertz CT molecular complexity index is 650. The molecule has 0 saturated carbocycles. The van der Waals surface area contributed by atoms with Crippen molar-refractivity contribution < 1.29 is 9.59 Å². The van der Waals surface area contributed by atoms with E-state index in [1.54, 1.807) is 11.9 Å². The van der Waals surface area contributed by atoms with Crippen molar-refractivity contribution >= 4 is 23.2 Å². The standard InChI is InChI=1S/C18H25N3O2/c1-12(2)11-20(5)18(23)15-8-9-17(22)21(19-15)16-10-13(3)6-7-14(16)4/h6-7,10,12H,8-9,11H2,1-5H3. The predicted octanol–water partition coefficient (Wildman–Crippen LogP) is 2.90. The van der Waals surface area contributed by atoms with Crippen LogP contribution in [0, 0.1) is 19.8 Å². The van der Waals surface area contributed by atoms with Gasteiger partial charge in [-0.05, 0) is 37.0 Å². The number of hydrazone groups is 1. The average molecular weight is 315 g/mol. The molecule has 0 unspecified atom stereocenters. The first-order valence-corrected chi connectivity index (χ1v) is 8.02. The van der Waals surface area contributed by atoms with Crippen LogP contribution in [-0.2, 0) is 9.59 Å². The zero-order valence-electron chi connectivity index (χ0n) is 14.6. The van der Waals surface area contributed by atoms with Crippen LogP contribution in [0.15, 0.2) is 23.3 Å². The lowest BCUT2D eigenvalue weighted by molar-refractivity contribution is -0.123. The van der Waals surface area contributed by atoms with E-state index in [1.807, 2.05) is 32.0 Å². The van der Waals surface area contributed by atoms with E-state index >= 15 is 0 Å². The Morgan fingerprint density at radius 1 is 1.30 bits per heavy atom. The van der Waals surface area contributed by atoms with Crippen LogP contribution in [0.2, 0.25) is 0 Å². The quantitative estimate of drug-likeness (QED) is 0.858. The second-order valence-electron chi connectivity index (χ2n) is 6.62. The number of carbonyl (C=O) groups excluding carboxylic acids is 2. The molecule has 0 N–H and O–H groups in total. The average Bonchev–Trinajstić information content (AvgIpc) is 2.49. The predicted molar refractivity (Wildman–Crippen MR) is 92.5 cm³/mol. The summed E-state index contributed by atoms with van der Waals surface area (Å²) in [5.74, 6) is 0.230. The van der Waals surface area contributed by atoms with Gasteiger partial charge in [0, 0.05) is 26.4 Å². The summed E-state index contributed by atoms with van der Waals surface area (Å²) in [5.41, 5.74) is 3.24. The van der Waals surface area contributed by atoms with Gasteiger partial charge in [0.25, 0.3) is 5.91 Å². The van der Waals surface area contributed by atoms with Crippen molar-refractivity contribution in [3.05, 3.63) is 29.3 Å². The molecule has 0 atom stereocenters. The van der Waals surface area contributed by atoms with E-state index in [1.165, 1.54) is 5.01 Å². The van der Waals surface area contributed by atoms with Crippen LogP contribution in [0.4, 0.5) is 5.69 Å². The highest BCUT2D eigenvalue weighted by atomic mass is 16.2. The molecule has 2 amide bonds. The van der Waals surface area contributed by atoms with Gasteiger partial charge in [0.2, 0.25) is 5.91 Å². The number of anilines is 1. The van der Waals surface area contributed by atoms with Gasteiger partial charge >= 0.3 is 0 Å². The minimum Gasteiger partial charge on any atom is -0.340 e. The topological polar surface area (TPSA) is 53.0 Å². The molecule has 0 spiro atoms. The minimum atomic E-state index is -0.0958. The Labute approximate surface area is 138 Å². The molecule has 0 bridgehead atoms. The molecule has 5 nitrogen and oxygen atoms in total. The van der Waals surface area contributed by atoms with Crippen molar-refractivity contribution in [2.45, 2.75) is 40.5 Å². The summed E-state index contributed by atoms with van der Waals surface area (Å²) in [5, 5.41) is 5.76. The number of rotatable bonds is 4. The Kier molecular flexibility index (Phi) is 5.19. The molecule has 124 valence electrons. The molecule has 0 saturated heterocycles. The Hall–Kier alpha value is -2.17. The fourth-order valence-electron chi connectivity index (χ4n) is 2.69. The molecular formula is C18H25N3O2. The van der Waals surface area contributed by atoms with Crippen molar-refractivity contribution in [3.8, 4) is 0 Å². The van der Waals surface area contributed by atoms with E-state index in [-0.39, 0.29) is 11.8 Å². The van der Waals surface area contributed by atoms with Crippen molar-refractivity contribution in [1.82, 2.24) is 4.90 Å². The maximum atomic E-state index is 12.5. The van der Waals surface area contributed by atoms with Crippen molar-refractivity contribution in [3.63, 3.8) is 0 Å². The molecule has 1 aromatic carbocycles. The first-order valence-electron chi connectivity index (χ1n) is 8.02. The van der Waals surface area contributed by atoms with E-state index in [0.717, 1.165) is 16.8 Å². The first-order chi connectivity index (χ1) is 10.8. The molecule has 2 rings (SSSR count). The molecule has 0 radical (unpaired) electrons. The van der Waals surface area contributed by atoms with Crippen molar-refractivity contribution in [1.29, 1.82) is 0 Å². The zero-order valence-corrected chi connectivity index (χ0v) is 14.6. The number of nitrogens with zero attached hydrogens (tertiary/aromatic N) is 3. The molecular weight excluding hydrogens is 290 g/mol. The van der Waals surface area contributed by atoms with Crippen LogP contribution in [-0.4, -0.2) is 36.0 Å². The third-order valence-corrected chi connectivity index (χ3v) is 3.86. The minimum absolute atomic E-state index is 0.0678. The largest absolute Gasteiger partial charge is 0.340 e. The van der Waals surface area contributed by atoms with E-state index in [9.17, 15) is 9.59 Å². The number of hydrogen-bond acceptors (Lipinski definition) is 3. The number of hydrogen-bond donors (Lipinski definition) is 0. The molecule has 1 aliphatic heterocycles. The van der Waals surface area contributed by atoms with Gasteiger partial charge in [-0.1, -0.05) is 26.0 Å². The maximum absolute atomic E-state index is 12.5. The van der Waals surface area contributed by atoms with E-state index in [4.69, 9.17) is 0 Å². The van der Waals surface area contributed by atoms with Gasteiger partial charge in [-0.15, -0.1) is 0 Å². The molecule has 1 aliphatic rings. The van der Waals surface area contributed by atoms with E-state index in [2.05, 4.69) is 18.9 Å². The number of carbonyl (C=O) groups is 2. The van der Waals surface area contributed by atoms with Crippen LogP contribution in [0.5, 0.6) is 0 Å². The van der Waals surface area contributed by atoms with Crippen LogP contribution in [0.1, 0.15) is 37.8 Å². The zero-order chi connectivity index (χ0) is 17.1. The fourth-order valence-corrected chi connectivity index (χ4v) is 2.69. The summed E-state index contributed by atoms with van der Waals surface area (Å²) >= 11 is 0. The van der Waals surface area contributed by atoms with E-state index in [0.29, 0.717) is 31.0 Å². The van der Waals surface area contributed by atoms with Gasteiger partial charge in [-0.25, -0.2) is 5.01 Å². The number of benzene rings is 1. The van der Waals surface area contributed by atoms with Crippen LogP contribution in [0.3, 0.4) is 0 Å². The first kappa shape index (κ1) is 17.2. The highest BCUT2D eigenvalue weighted by Crippen LogP contribution is 2.25. The Morgan fingerprint density at radius 2 is 2.00 bits per heavy atom. The van der Waals surface area contributed by atoms with Gasteiger partial charge in [-0.2, -0.15) is 5.10 Å². The van der Waals surface area contributed by atoms with Gasteiger partial charge in [0.1, 0.15) is 5.71 Å². The molecule has 5 heteroatoms. The highest BCUT2D eigenvalue weighted by Gasteiger charge is 2.28. The van der Waals surface area contributed by atoms with Crippen molar-refractivity contribution in [2.75, 3.05) is 18.6 Å². The third kappa shape index (κ3) is 3.97. The van der Waals surface area contributed by atoms with Crippen molar-refractivity contribution in [2.24, 2.45) is 11.0 Å². The van der Waals surface area contributed by atoms with Gasteiger partial charge in [-0.3, -0.25) is 9.59 Å². The molecule has 1 heterocycles. The summed E-state index contributed by atoms with van der Waals surface area (Å²) < 4.78 is 0. The molecule has 0 fully saturated rings. The maximum Gasteiger partial charge on any atom is 0.269 e. The second kappa shape index (κ2) is 6.94. The monoisotopic (exact) mass is 315 g/mol.